The van der Waals surface area contributed by atoms with E-state index in [2.05, 4.69) is 74.9 Å². The number of furan rings is 1. The third-order valence-electron chi connectivity index (χ3n) is 10.1. The molecule has 0 saturated heterocycles. The normalized spacial score (nSPS) is 15.2. The molecule has 0 aliphatic heterocycles. The van der Waals surface area contributed by atoms with Gasteiger partial charge in [0.05, 0.1) is 0 Å². The first-order valence-electron chi connectivity index (χ1n) is 20.7. The number of fused-ring (bicyclic) bond motifs is 5. The van der Waals surface area contributed by atoms with Crippen LogP contribution in [0.15, 0.2) is 114 Å². The van der Waals surface area contributed by atoms with Crippen LogP contribution < -0.4 is 0 Å². The largest absolute Gasteiger partial charge is 0.457 e. The van der Waals surface area contributed by atoms with Gasteiger partial charge in [-0.05, 0) is 80.8 Å². The van der Waals surface area contributed by atoms with Gasteiger partial charge < -0.3 is 14.4 Å². The Balaban J connectivity index is 0.000000289. The van der Waals surface area contributed by atoms with Crippen LogP contribution in [-0.4, -0.2) is 9.97 Å². The molecule has 1 radical (unpaired) electrons. The van der Waals surface area contributed by atoms with Gasteiger partial charge in [0.2, 0.25) is 0 Å². The van der Waals surface area contributed by atoms with Gasteiger partial charge in [0.1, 0.15) is 11.3 Å². The average Bonchev–Trinajstić information content (AvgIpc) is 3.66. The molecule has 7 aromatic rings. The van der Waals surface area contributed by atoms with Crippen LogP contribution in [0, 0.1) is 25.8 Å². The number of para-hydroxylation sites is 1. The number of nitrogens with zero attached hydrogens (tertiary/aromatic N) is 2. The van der Waals surface area contributed by atoms with Crippen molar-refractivity contribution in [3.05, 3.63) is 155 Å². The van der Waals surface area contributed by atoms with Crippen molar-refractivity contribution < 1.29 is 32.7 Å². The van der Waals surface area contributed by atoms with E-state index in [4.69, 9.17) is 12.6 Å². The molecule has 0 spiro atoms. The number of benzene rings is 4. The Morgan fingerprint density at radius 3 is 2.06 bits per heavy atom. The fourth-order valence-corrected chi connectivity index (χ4v) is 6.96. The molecule has 1 aliphatic rings. The van der Waals surface area contributed by atoms with Crippen LogP contribution >= 0.6 is 0 Å². The summed E-state index contributed by atoms with van der Waals surface area (Å²) < 4.78 is 55.9. The molecule has 0 fully saturated rings. The van der Waals surface area contributed by atoms with Crippen molar-refractivity contribution in [3.63, 3.8) is 0 Å². The Labute approximate surface area is 337 Å². The zero-order valence-corrected chi connectivity index (χ0v) is 33.9. The van der Waals surface area contributed by atoms with E-state index < -0.39 is 13.7 Å². The molecular formula is C49H48IrN2O-2. The fraction of sp³-hybridized carbons (Fsp3) is 0.265. The molecule has 0 amide bonds. The topological polar surface area (TPSA) is 38.9 Å². The molecule has 8 rings (SSSR count). The van der Waals surface area contributed by atoms with E-state index in [1.165, 1.54) is 11.8 Å². The van der Waals surface area contributed by atoms with Crippen LogP contribution in [0.1, 0.15) is 97.0 Å². The van der Waals surface area contributed by atoms with Gasteiger partial charge in [-0.15, -0.1) is 65.2 Å². The summed E-state index contributed by atoms with van der Waals surface area (Å²) in [7, 11) is 0. The molecule has 0 bridgehead atoms. The van der Waals surface area contributed by atoms with E-state index in [0.29, 0.717) is 22.4 Å². The van der Waals surface area contributed by atoms with Crippen molar-refractivity contribution in [1.82, 2.24) is 9.97 Å². The van der Waals surface area contributed by atoms with Crippen LogP contribution in [0.5, 0.6) is 0 Å². The van der Waals surface area contributed by atoms with Crippen molar-refractivity contribution in [3.8, 4) is 45.0 Å². The first-order chi connectivity index (χ1) is 27.0. The van der Waals surface area contributed by atoms with E-state index in [0.717, 1.165) is 50.2 Å². The van der Waals surface area contributed by atoms with Gasteiger partial charge in [-0.2, -0.15) is 0 Å². The molecule has 0 N–H and O–H groups in total. The van der Waals surface area contributed by atoms with Crippen molar-refractivity contribution >= 4 is 11.0 Å². The molecule has 271 valence electrons. The quantitative estimate of drug-likeness (QED) is 0.166. The van der Waals surface area contributed by atoms with Gasteiger partial charge in [-0.3, -0.25) is 0 Å². The predicted octanol–water partition coefficient (Wildman–Crippen LogP) is 13.0. The van der Waals surface area contributed by atoms with Crippen molar-refractivity contribution in [2.75, 3.05) is 0 Å². The average molecular weight is 879 g/mol. The van der Waals surface area contributed by atoms with Crippen molar-refractivity contribution in [2.24, 2.45) is 0 Å². The monoisotopic (exact) mass is 879 g/mol. The first kappa shape index (κ1) is 30.8. The van der Waals surface area contributed by atoms with Crippen LogP contribution in [0.3, 0.4) is 0 Å². The molecular weight excluding hydrogens is 825 g/mol. The second-order valence-electron chi connectivity index (χ2n) is 16.2. The standard InChI is InChI=1S/C34H32NO.C15H16N.Ir/c1-20-16-23(33(3,4)5)13-14-24(20)26-18-29(35-19-21(26)2)22-12-15-28-27(17-22)32-31(34(28,6)7)25-10-8-9-11-30(25)36-32;1-15(2,3)13-9-10-14(16-11-13)12-7-5-4-6-8-12;/h8-11,13-19H,1-7H3;4-7,9-11H,1-3H3;/q2*-1;/i1D3,2D3;;. The molecule has 0 atom stereocenters. The molecule has 4 heteroatoms. The molecule has 3 heterocycles. The van der Waals surface area contributed by atoms with Crippen molar-refractivity contribution in [2.45, 2.75) is 85.3 Å². The molecule has 0 unspecified atom stereocenters. The third kappa shape index (κ3) is 7.33. The zero-order valence-electron chi connectivity index (χ0n) is 37.5. The maximum atomic E-state index is 8.30. The van der Waals surface area contributed by atoms with Crippen LogP contribution in [0.25, 0.3) is 55.9 Å². The van der Waals surface area contributed by atoms with Crippen LogP contribution in [0.2, 0.25) is 0 Å². The summed E-state index contributed by atoms with van der Waals surface area (Å²) >= 11 is 0. The van der Waals surface area contributed by atoms with Gasteiger partial charge in [-0.1, -0.05) is 116 Å². The minimum Gasteiger partial charge on any atom is -0.457 e. The Morgan fingerprint density at radius 2 is 1.38 bits per heavy atom. The van der Waals surface area contributed by atoms with E-state index in [1.807, 2.05) is 87.6 Å². The van der Waals surface area contributed by atoms with Crippen molar-refractivity contribution in [1.29, 1.82) is 0 Å². The number of pyridine rings is 2. The van der Waals surface area contributed by atoms with Gasteiger partial charge in [-0.25, -0.2) is 0 Å². The van der Waals surface area contributed by atoms with Gasteiger partial charge >= 0.3 is 0 Å². The maximum absolute atomic E-state index is 8.30. The second-order valence-corrected chi connectivity index (χ2v) is 16.2. The molecule has 53 heavy (non-hydrogen) atoms. The number of hydrogen-bond acceptors (Lipinski definition) is 3. The fourth-order valence-electron chi connectivity index (χ4n) is 6.96. The summed E-state index contributed by atoms with van der Waals surface area (Å²) in [5, 5.41) is 1.08. The van der Waals surface area contributed by atoms with E-state index in [1.54, 1.807) is 18.2 Å². The number of hydrogen-bond donors (Lipinski definition) is 0. The Morgan fingerprint density at radius 1 is 0.660 bits per heavy atom. The molecule has 1 aliphatic carbocycles. The second kappa shape index (κ2) is 14.3. The van der Waals surface area contributed by atoms with Gasteiger partial charge in [0.25, 0.3) is 0 Å². The minimum absolute atomic E-state index is 0. The maximum Gasteiger partial charge on any atom is 0.135 e. The Bertz CT molecular complexity index is 2630. The smallest absolute Gasteiger partial charge is 0.135 e. The first-order valence-corrected chi connectivity index (χ1v) is 17.7. The molecule has 3 aromatic heterocycles. The van der Waals surface area contributed by atoms with Gasteiger partial charge in [0, 0.05) is 51.7 Å². The summed E-state index contributed by atoms with van der Waals surface area (Å²) in [6.07, 6.45) is 3.30. The molecule has 4 aromatic carbocycles. The number of rotatable bonds is 3. The summed E-state index contributed by atoms with van der Waals surface area (Å²) in [5.74, 6) is 0.813. The number of aromatic nitrogens is 2. The summed E-state index contributed by atoms with van der Waals surface area (Å²) in [6, 6.07) is 37.6. The molecule has 3 nitrogen and oxygen atoms in total. The SMILES string of the molecule is CC(C)(C)c1ccc(-c2[c-]cccc2)nc1.[2H]C([2H])([2H])c1cnc(-c2[c-]cc3c(c2)-c2oc4ccccc4c2C3(C)C)cc1-c1ccc(C(C)(C)C)cc1C([2H])([2H])[2H].[Ir]. The summed E-state index contributed by atoms with van der Waals surface area (Å²) in [5.41, 5.74) is 9.69. The number of aryl methyl sites for hydroxylation is 2. The van der Waals surface area contributed by atoms with Gasteiger partial charge in [0.15, 0.2) is 0 Å². The van der Waals surface area contributed by atoms with E-state index >= 15 is 0 Å². The predicted molar refractivity (Wildman–Crippen MR) is 217 cm³/mol. The Hall–Kier alpha value is -4.63. The van der Waals surface area contributed by atoms with Crippen LogP contribution in [-0.2, 0) is 36.4 Å². The Kier molecular flexibility index (Phi) is 8.31. The van der Waals surface area contributed by atoms with Crippen LogP contribution in [0.4, 0.5) is 0 Å². The summed E-state index contributed by atoms with van der Waals surface area (Å²) in [6.45, 7) is 12.0. The minimum atomic E-state index is -2.50. The third-order valence-corrected chi connectivity index (χ3v) is 10.1. The van der Waals surface area contributed by atoms with E-state index in [-0.39, 0.29) is 47.5 Å². The van der Waals surface area contributed by atoms with E-state index in [9.17, 15) is 0 Å². The zero-order chi connectivity index (χ0) is 42.0. The summed E-state index contributed by atoms with van der Waals surface area (Å²) in [4.78, 5) is 9.03. The molecule has 0 saturated carbocycles.